The van der Waals surface area contributed by atoms with E-state index < -0.39 is 0 Å². The lowest BCUT2D eigenvalue weighted by Gasteiger charge is -2.36. The van der Waals surface area contributed by atoms with E-state index in [9.17, 15) is 9.59 Å². The van der Waals surface area contributed by atoms with Crippen LogP contribution in [0.5, 0.6) is 0 Å². The molecule has 2 aromatic carbocycles. The van der Waals surface area contributed by atoms with E-state index in [2.05, 4.69) is 15.6 Å². The molecule has 2 saturated heterocycles. The van der Waals surface area contributed by atoms with Gasteiger partial charge in [0.25, 0.3) is 0 Å². The SMILES string of the molecule is COCCOCCOCCOCCn1cc(-c2ccc(NC(=O)N3CCC(N4CCN(Cc5ccccc5)C4=O)CC3)cc2)nn1. The van der Waals surface area contributed by atoms with Crippen molar-refractivity contribution >= 4 is 17.7 Å². The topological polar surface area (TPSA) is 124 Å². The van der Waals surface area contributed by atoms with Crippen molar-refractivity contribution in [3.8, 4) is 11.3 Å². The Kier molecular flexibility index (Phi) is 12.8. The molecule has 13 heteroatoms. The predicted molar refractivity (Wildman–Crippen MR) is 172 cm³/mol. The van der Waals surface area contributed by atoms with E-state index in [1.165, 1.54) is 0 Å². The van der Waals surface area contributed by atoms with Crippen molar-refractivity contribution in [2.75, 3.05) is 84.9 Å². The Balaban J connectivity index is 0.974. The maximum absolute atomic E-state index is 13.1. The van der Waals surface area contributed by atoms with Crippen molar-refractivity contribution < 1.29 is 28.5 Å². The normalized spacial score (nSPS) is 15.6. The minimum absolute atomic E-state index is 0.0951. The van der Waals surface area contributed by atoms with Crippen LogP contribution in [0, 0.1) is 0 Å². The number of carbonyl (C=O) groups is 2. The largest absolute Gasteiger partial charge is 0.382 e. The summed E-state index contributed by atoms with van der Waals surface area (Å²) in [5.41, 5.74) is 3.50. The minimum Gasteiger partial charge on any atom is -0.382 e. The molecular weight excluding hydrogens is 590 g/mol. The molecule has 0 radical (unpaired) electrons. The number of piperidine rings is 1. The highest BCUT2D eigenvalue weighted by atomic mass is 16.6. The number of carbonyl (C=O) groups excluding carboxylic acids is 2. The first kappa shape index (κ1) is 33.3. The molecule has 2 aliphatic heterocycles. The van der Waals surface area contributed by atoms with E-state index in [-0.39, 0.29) is 18.1 Å². The van der Waals surface area contributed by atoms with E-state index >= 15 is 0 Å². The molecule has 0 atom stereocenters. The maximum atomic E-state index is 13.1. The molecule has 2 aliphatic rings. The molecule has 0 saturated carbocycles. The molecule has 248 valence electrons. The third-order valence-electron chi connectivity index (χ3n) is 8.15. The number of nitrogens with one attached hydrogen (secondary N) is 1. The van der Waals surface area contributed by atoms with Crippen molar-refractivity contribution in [2.24, 2.45) is 0 Å². The van der Waals surface area contributed by atoms with E-state index in [1.54, 1.807) is 11.8 Å². The van der Waals surface area contributed by atoms with Crippen LogP contribution in [0.1, 0.15) is 18.4 Å². The van der Waals surface area contributed by atoms with Crippen LogP contribution in [0.4, 0.5) is 15.3 Å². The lowest BCUT2D eigenvalue weighted by Crippen LogP contribution is -2.49. The van der Waals surface area contributed by atoms with Crippen LogP contribution in [0.25, 0.3) is 11.3 Å². The van der Waals surface area contributed by atoms with Gasteiger partial charge in [-0.15, -0.1) is 5.10 Å². The van der Waals surface area contributed by atoms with Gasteiger partial charge < -0.3 is 39.0 Å². The van der Waals surface area contributed by atoms with Gasteiger partial charge in [-0.2, -0.15) is 0 Å². The predicted octanol–water partition coefficient (Wildman–Crippen LogP) is 3.58. The summed E-state index contributed by atoms with van der Waals surface area (Å²) in [7, 11) is 1.64. The van der Waals surface area contributed by atoms with Crippen molar-refractivity contribution in [3.63, 3.8) is 0 Å². The summed E-state index contributed by atoms with van der Waals surface area (Å²) >= 11 is 0. The maximum Gasteiger partial charge on any atom is 0.321 e. The fourth-order valence-corrected chi connectivity index (χ4v) is 5.58. The fourth-order valence-electron chi connectivity index (χ4n) is 5.58. The van der Waals surface area contributed by atoms with Crippen molar-refractivity contribution in [2.45, 2.75) is 32.0 Å². The summed E-state index contributed by atoms with van der Waals surface area (Å²) in [6, 6.07) is 17.8. The van der Waals surface area contributed by atoms with E-state index in [1.807, 2.05) is 75.5 Å². The number of aromatic nitrogens is 3. The quantitative estimate of drug-likeness (QED) is 0.224. The highest BCUT2D eigenvalue weighted by Crippen LogP contribution is 2.24. The van der Waals surface area contributed by atoms with Crippen molar-refractivity contribution in [1.29, 1.82) is 0 Å². The summed E-state index contributed by atoms with van der Waals surface area (Å²) < 4.78 is 23.1. The third kappa shape index (κ3) is 9.73. The highest BCUT2D eigenvalue weighted by Gasteiger charge is 2.36. The fraction of sp³-hybridized carbons (Fsp3) is 0.515. The van der Waals surface area contributed by atoms with Crippen LogP contribution >= 0.6 is 0 Å². The molecule has 0 unspecified atom stereocenters. The van der Waals surface area contributed by atoms with Gasteiger partial charge in [-0.25, -0.2) is 14.3 Å². The molecule has 13 nitrogen and oxygen atoms in total. The monoisotopic (exact) mass is 635 g/mol. The number of methoxy groups -OCH3 is 1. The molecule has 1 N–H and O–H groups in total. The number of hydrogen-bond donors (Lipinski definition) is 1. The summed E-state index contributed by atoms with van der Waals surface area (Å²) in [5, 5.41) is 11.5. The molecule has 0 aliphatic carbocycles. The molecule has 3 heterocycles. The second-order valence-electron chi connectivity index (χ2n) is 11.3. The Labute approximate surface area is 270 Å². The van der Waals surface area contributed by atoms with Gasteiger partial charge in [-0.1, -0.05) is 47.7 Å². The van der Waals surface area contributed by atoms with E-state index in [4.69, 9.17) is 18.9 Å². The van der Waals surface area contributed by atoms with Crippen LogP contribution in [-0.4, -0.2) is 127 Å². The van der Waals surface area contributed by atoms with Gasteiger partial charge in [-0.3, -0.25) is 0 Å². The second kappa shape index (κ2) is 17.6. The molecule has 5 rings (SSSR count). The van der Waals surface area contributed by atoms with Gasteiger partial charge in [-0.05, 0) is 30.5 Å². The molecule has 46 heavy (non-hydrogen) atoms. The lowest BCUT2D eigenvalue weighted by atomic mass is 10.0. The number of ether oxygens (including phenoxy) is 4. The van der Waals surface area contributed by atoms with Crippen LogP contribution in [0.2, 0.25) is 0 Å². The zero-order valence-corrected chi connectivity index (χ0v) is 26.6. The van der Waals surface area contributed by atoms with Crippen LogP contribution in [0.15, 0.2) is 60.8 Å². The number of anilines is 1. The van der Waals surface area contributed by atoms with Crippen molar-refractivity contribution in [1.82, 2.24) is 29.7 Å². The minimum atomic E-state index is -0.128. The van der Waals surface area contributed by atoms with Crippen LogP contribution < -0.4 is 5.32 Å². The number of benzene rings is 2. The molecule has 0 spiro atoms. The number of likely N-dealkylation sites (tertiary alicyclic amines) is 1. The zero-order chi connectivity index (χ0) is 32.0. The Hall–Kier alpha value is -4.04. The Morgan fingerprint density at radius 3 is 2.22 bits per heavy atom. The van der Waals surface area contributed by atoms with Crippen LogP contribution in [0.3, 0.4) is 0 Å². The smallest absolute Gasteiger partial charge is 0.321 e. The first-order valence-electron chi connectivity index (χ1n) is 16.0. The number of nitrogens with zero attached hydrogens (tertiary/aromatic N) is 6. The number of amides is 4. The molecule has 1 aromatic heterocycles. The summed E-state index contributed by atoms with van der Waals surface area (Å²) in [4.78, 5) is 31.8. The number of hydrogen-bond acceptors (Lipinski definition) is 8. The summed E-state index contributed by atoms with van der Waals surface area (Å²) in [6.07, 6.45) is 3.43. The second-order valence-corrected chi connectivity index (χ2v) is 11.3. The molecule has 3 aromatic rings. The summed E-state index contributed by atoms with van der Waals surface area (Å²) in [6.45, 7) is 7.62. The Bertz CT molecular complexity index is 1350. The number of rotatable bonds is 17. The van der Waals surface area contributed by atoms with Gasteiger partial charge in [0, 0.05) is 57.1 Å². The Morgan fingerprint density at radius 1 is 0.848 bits per heavy atom. The lowest BCUT2D eigenvalue weighted by molar-refractivity contribution is 0.00245. The van der Waals surface area contributed by atoms with Crippen LogP contribution in [-0.2, 0) is 32.0 Å². The average Bonchev–Trinajstić information content (AvgIpc) is 3.71. The zero-order valence-electron chi connectivity index (χ0n) is 26.6. The van der Waals surface area contributed by atoms with E-state index in [0.717, 1.165) is 42.8 Å². The molecule has 4 amide bonds. The molecule has 0 bridgehead atoms. The van der Waals surface area contributed by atoms with Crippen molar-refractivity contribution in [3.05, 3.63) is 66.4 Å². The highest BCUT2D eigenvalue weighted by molar-refractivity contribution is 5.89. The van der Waals surface area contributed by atoms with Gasteiger partial charge in [0.15, 0.2) is 0 Å². The first-order chi connectivity index (χ1) is 22.6. The van der Waals surface area contributed by atoms with Gasteiger partial charge in [0.05, 0.1) is 59.0 Å². The molecule has 2 fully saturated rings. The molecular formula is C33H45N7O6. The third-order valence-corrected chi connectivity index (χ3v) is 8.15. The average molecular weight is 636 g/mol. The first-order valence-corrected chi connectivity index (χ1v) is 16.0. The summed E-state index contributed by atoms with van der Waals surface area (Å²) in [5.74, 6) is 0. The Morgan fingerprint density at radius 2 is 1.52 bits per heavy atom. The standard InChI is InChI=1S/C33H45N7O6/c1-43-19-20-45-23-24-46-22-21-44-18-17-39-26-31(35-36-39)28-7-9-29(10-8-28)34-32(41)37-13-11-30(12-14-37)40-16-15-38(33(40)42)25-27-5-3-2-4-6-27/h2-10,26,30H,11-25H2,1H3,(H,34,41). The van der Waals surface area contributed by atoms with Gasteiger partial charge >= 0.3 is 12.1 Å². The van der Waals surface area contributed by atoms with E-state index in [0.29, 0.717) is 78.1 Å². The number of urea groups is 2. The van der Waals surface area contributed by atoms with Gasteiger partial charge in [0.2, 0.25) is 0 Å². The van der Waals surface area contributed by atoms with Gasteiger partial charge in [0.1, 0.15) is 5.69 Å².